The van der Waals surface area contributed by atoms with Gasteiger partial charge in [-0.1, -0.05) is 56.3 Å². The summed E-state index contributed by atoms with van der Waals surface area (Å²) >= 11 is 17.3. The van der Waals surface area contributed by atoms with E-state index in [9.17, 15) is 0 Å². The van der Waals surface area contributed by atoms with Crippen molar-refractivity contribution in [2.75, 3.05) is 11.9 Å². The zero-order valence-corrected chi connectivity index (χ0v) is 14.3. The maximum absolute atomic E-state index is 6.10. The monoisotopic (exact) mass is 332 g/mol. The van der Waals surface area contributed by atoms with E-state index in [4.69, 9.17) is 35.4 Å². The molecule has 112 valence electrons. The summed E-state index contributed by atoms with van der Waals surface area (Å²) in [5.41, 5.74) is 0.773. The number of unbranched alkanes of at least 4 members (excludes halogenated alkanes) is 1. The van der Waals surface area contributed by atoms with Crippen molar-refractivity contribution in [3.8, 4) is 0 Å². The Morgan fingerprint density at radius 3 is 2.65 bits per heavy atom. The van der Waals surface area contributed by atoms with E-state index in [-0.39, 0.29) is 0 Å². The third-order valence-corrected chi connectivity index (χ3v) is 4.07. The predicted molar refractivity (Wildman–Crippen MR) is 94.0 cm³/mol. The normalized spacial score (nSPS) is 12.0. The first-order valence-electron chi connectivity index (χ1n) is 7.06. The molecule has 2 N–H and O–H groups in total. The van der Waals surface area contributed by atoms with E-state index in [1.54, 1.807) is 12.1 Å². The van der Waals surface area contributed by atoms with Crippen LogP contribution >= 0.6 is 35.4 Å². The average molecular weight is 333 g/mol. The summed E-state index contributed by atoms with van der Waals surface area (Å²) < 4.78 is 0. The smallest absolute Gasteiger partial charge is 0.170 e. The van der Waals surface area contributed by atoms with Crippen molar-refractivity contribution >= 4 is 46.2 Å². The summed E-state index contributed by atoms with van der Waals surface area (Å²) in [6.45, 7) is 5.33. The molecule has 0 radical (unpaired) electrons. The van der Waals surface area contributed by atoms with Gasteiger partial charge in [0.1, 0.15) is 0 Å². The van der Waals surface area contributed by atoms with Gasteiger partial charge in [-0.3, -0.25) is 0 Å². The molecule has 0 aliphatic carbocycles. The van der Waals surface area contributed by atoms with Crippen LogP contribution in [0.25, 0.3) is 0 Å². The van der Waals surface area contributed by atoms with Gasteiger partial charge in [-0.15, -0.1) is 0 Å². The molecule has 0 aromatic heterocycles. The molecule has 0 unspecified atom stereocenters. The molecule has 1 aromatic carbocycles. The average Bonchev–Trinajstić information content (AvgIpc) is 2.42. The van der Waals surface area contributed by atoms with E-state index in [1.165, 1.54) is 19.3 Å². The van der Waals surface area contributed by atoms with Gasteiger partial charge in [-0.05, 0) is 42.8 Å². The fraction of sp³-hybridized carbons (Fsp3) is 0.533. The Labute approximate surface area is 137 Å². The van der Waals surface area contributed by atoms with Gasteiger partial charge < -0.3 is 10.6 Å². The minimum atomic E-state index is 0.569. The molecule has 1 aromatic rings. The summed E-state index contributed by atoms with van der Waals surface area (Å²) in [6.07, 6.45) is 4.91. The van der Waals surface area contributed by atoms with Gasteiger partial charge in [0.25, 0.3) is 0 Å². The van der Waals surface area contributed by atoms with Crippen molar-refractivity contribution in [1.29, 1.82) is 0 Å². The van der Waals surface area contributed by atoms with Gasteiger partial charge in [0.05, 0.1) is 10.7 Å². The molecule has 1 rings (SSSR count). The predicted octanol–water partition coefficient (Wildman–Crippen LogP) is 5.50. The van der Waals surface area contributed by atoms with E-state index in [1.807, 2.05) is 6.07 Å². The maximum atomic E-state index is 6.10. The summed E-state index contributed by atoms with van der Waals surface area (Å²) in [5, 5.41) is 8.15. The first kappa shape index (κ1) is 17.5. The number of thiocarbonyl (C=S) groups is 1. The van der Waals surface area contributed by atoms with Gasteiger partial charge in [0.2, 0.25) is 0 Å². The molecule has 5 heteroatoms. The molecule has 0 spiro atoms. The van der Waals surface area contributed by atoms with Crippen LogP contribution in [0.4, 0.5) is 5.69 Å². The van der Waals surface area contributed by atoms with Gasteiger partial charge in [-0.2, -0.15) is 0 Å². The Morgan fingerprint density at radius 1 is 1.30 bits per heavy atom. The Bertz CT molecular complexity index is 438. The third kappa shape index (κ3) is 6.29. The Hall–Kier alpha value is -0.510. The molecule has 0 aliphatic rings. The zero-order valence-electron chi connectivity index (χ0n) is 12.0. The number of nitrogens with one attached hydrogen (secondary N) is 2. The minimum absolute atomic E-state index is 0.569. The van der Waals surface area contributed by atoms with Crippen molar-refractivity contribution in [3.05, 3.63) is 28.2 Å². The first-order chi connectivity index (χ1) is 9.56. The number of hydrogen-bond donors (Lipinski definition) is 2. The number of anilines is 1. The fourth-order valence-electron chi connectivity index (χ4n) is 1.94. The molecule has 0 amide bonds. The second kappa shape index (κ2) is 9.43. The SMILES string of the molecule is CCCC[C@H](CC)CNC(=S)Nc1ccc(Cl)cc1Cl. The standard InChI is InChI=1S/C15H22Cl2N2S/c1-3-5-6-11(4-2)10-18-15(20)19-14-8-7-12(16)9-13(14)17/h7-9,11H,3-6,10H2,1-2H3,(H2,18,19,20)/t11-/m0/s1. The van der Waals surface area contributed by atoms with Crippen LogP contribution in [-0.4, -0.2) is 11.7 Å². The molecule has 20 heavy (non-hydrogen) atoms. The number of benzene rings is 1. The summed E-state index contributed by atoms with van der Waals surface area (Å²) in [6, 6.07) is 5.31. The quantitative estimate of drug-likeness (QED) is 0.645. The van der Waals surface area contributed by atoms with Gasteiger partial charge in [-0.25, -0.2) is 0 Å². The van der Waals surface area contributed by atoms with E-state index in [0.717, 1.165) is 18.7 Å². The van der Waals surface area contributed by atoms with Crippen LogP contribution in [0.2, 0.25) is 10.0 Å². The number of halogens is 2. The number of rotatable bonds is 7. The van der Waals surface area contributed by atoms with Crippen LogP contribution in [0, 0.1) is 5.92 Å². The first-order valence-corrected chi connectivity index (χ1v) is 8.23. The Balaban J connectivity index is 2.43. The van der Waals surface area contributed by atoms with Crippen molar-refractivity contribution < 1.29 is 0 Å². The van der Waals surface area contributed by atoms with Gasteiger partial charge >= 0.3 is 0 Å². The molecule has 0 heterocycles. The molecule has 0 fully saturated rings. The van der Waals surface area contributed by atoms with Crippen molar-refractivity contribution in [2.45, 2.75) is 39.5 Å². The molecule has 0 bridgehead atoms. The van der Waals surface area contributed by atoms with Crippen LogP contribution in [-0.2, 0) is 0 Å². The van der Waals surface area contributed by atoms with Crippen LogP contribution in [0.3, 0.4) is 0 Å². The van der Waals surface area contributed by atoms with Crippen molar-refractivity contribution in [2.24, 2.45) is 5.92 Å². The zero-order chi connectivity index (χ0) is 15.0. The van der Waals surface area contributed by atoms with Crippen LogP contribution < -0.4 is 10.6 Å². The minimum Gasteiger partial charge on any atom is -0.362 e. The highest BCUT2D eigenvalue weighted by atomic mass is 35.5. The third-order valence-electron chi connectivity index (χ3n) is 3.27. The lowest BCUT2D eigenvalue weighted by molar-refractivity contribution is 0.446. The van der Waals surface area contributed by atoms with E-state index in [2.05, 4.69) is 24.5 Å². The highest BCUT2D eigenvalue weighted by Crippen LogP contribution is 2.25. The lowest BCUT2D eigenvalue weighted by Crippen LogP contribution is -2.32. The van der Waals surface area contributed by atoms with Gasteiger partial charge in [0, 0.05) is 11.6 Å². The summed E-state index contributed by atoms with van der Waals surface area (Å²) in [4.78, 5) is 0. The Kier molecular flexibility index (Phi) is 8.27. The lowest BCUT2D eigenvalue weighted by Gasteiger charge is -2.17. The van der Waals surface area contributed by atoms with Crippen molar-refractivity contribution in [3.63, 3.8) is 0 Å². The van der Waals surface area contributed by atoms with Crippen molar-refractivity contribution in [1.82, 2.24) is 5.32 Å². The van der Waals surface area contributed by atoms with Crippen LogP contribution in [0.1, 0.15) is 39.5 Å². The number of hydrogen-bond acceptors (Lipinski definition) is 1. The van der Waals surface area contributed by atoms with Crippen LogP contribution in [0.5, 0.6) is 0 Å². The second-order valence-electron chi connectivity index (χ2n) is 4.88. The van der Waals surface area contributed by atoms with Gasteiger partial charge in [0.15, 0.2) is 5.11 Å². The molecule has 2 nitrogen and oxygen atoms in total. The maximum Gasteiger partial charge on any atom is 0.170 e. The highest BCUT2D eigenvalue weighted by molar-refractivity contribution is 7.80. The molecular formula is C15H22Cl2N2S. The largest absolute Gasteiger partial charge is 0.362 e. The molecular weight excluding hydrogens is 311 g/mol. The van der Waals surface area contributed by atoms with Crippen LogP contribution in [0.15, 0.2) is 18.2 Å². The Morgan fingerprint density at radius 2 is 2.05 bits per heavy atom. The van der Waals surface area contributed by atoms with E-state index >= 15 is 0 Å². The molecule has 1 atom stereocenters. The summed E-state index contributed by atoms with van der Waals surface area (Å²) in [7, 11) is 0. The van der Waals surface area contributed by atoms with E-state index in [0.29, 0.717) is 21.1 Å². The lowest BCUT2D eigenvalue weighted by atomic mass is 9.99. The molecule has 0 saturated carbocycles. The highest BCUT2D eigenvalue weighted by Gasteiger charge is 2.08. The second-order valence-corrected chi connectivity index (χ2v) is 6.13. The fourth-order valence-corrected chi connectivity index (χ4v) is 2.59. The molecule has 0 aliphatic heterocycles. The van der Waals surface area contributed by atoms with E-state index < -0.39 is 0 Å². The topological polar surface area (TPSA) is 24.1 Å². The summed E-state index contributed by atoms with van der Waals surface area (Å²) in [5.74, 6) is 0.662. The molecule has 0 saturated heterocycles.